The molecule has 102 valence electrons. The van der Waals surface area contributed by atoms with Crippen LogP contribution in [0.5, 0.6) is 5.75 Å². The van der Waals surface area contributed by atoms with Crippen LogP contribution in [0.1, 0.15) is 26.3 Å². The molecule has 1 atom stereocenters. The van der Waals surface area contributed by atoms with Crippen molar-refractivity contribution < 1.29 is 4.74 Å². The molecule has 1 N–H and O–H groups in total. The zero-order chi connectivity index (χ0) is 13.7. The molecule has 0 fully saturated rings. The fourth-order valence-corrected chi connectivity index (χ4v) is 3.19. The van der Waals surface area contributed by atoms with E-state index in [0.29, 0.717) is 11.8 Å². The number of hydrogen-bond acceptors (Lipinski definition) is 2. The third-order valence-corrected chi connectivity index (χ3v) is 4.37. The van der Waals surface area contributed by atoms with E-state index in [-0.39, 0.29) is 0 Å². The molecule has 0 heterocycles. The van der Waals surface area contributed by atoms with E-state index in [1.165, 1.54) is 5.56 Å². The number of ether oxygens (including phenoxy) is 1. The average Bonchev–Trinajstić information content (AvgIpc) is 2.28. The van der Waals surface area contributed by atoms with Crippen molar-refractivity contribution in [1.29, 1.82) is 0 Å². The standard InChI is InChI=1S/C14H21Br2NO/c1-9(2)10(3)7-17-8-11-5-12(15)14(18-4)13(16)6-11/h5-6,9-10,17H,7-8H2,1-4H3. The summed E-state index contributed by atoms with van der Waals surface area (Å²) in [6, 6.07) is 4.19. The van der Waals surface area contributed by atoms with Gasteiger partial charge < -0.3 is 10.1 Å². The first-order chi connectivity index (χ1) is 8.45. The molecule has 0 aliphatic carbocycles. The van der Waals surface area contributed by atoms with E-state index in [1.54, 1.807) is 7.11 Å². The maximum absolute atomic E-state index is 5.29. The van der Waals surface area contributed by atoms with Gasteiger partial charge in [-0.1, -0.05) is 20.8 Å². The van der Waals surface area contributed by atoms with E-state index in [0.717, 1.165) is 27.8 Å². The Morgan fingerprint density at radius 2 is 1.72 bits per heavy atom. The van der Waals surface area contributed by atoms with Crippen molar-refractivity contribution in [2.45, 2.75) is 27.3 Å². The van der Waals surface area contributed by atoms with Gasteiger partial charge in [0.1, 0.15) is 5.75 Å². The molecule has 0 saturated carbocycles. The van der Waals surface area contributed by atoms with E-state index in [2.05, 4.69) is 70.1 Å². The third kappa shape index (κ3) is 4.56. The Bertz CT molecular complexity index is 370. The van der Waals surface area contributed by atoms with Gasteiger partial charge in [0.15, 0.2) is 0 Å². The molecule has 0 aromatic heterocycles. The first kappa shape index (κ1) is 16.0. The van der Waals surface area contributed by atoms with E-state index >= 15 is 0 Å². The Labute approximate surface area is 127 Å². The van der Waals surface area contributed by atoms with Gasteiger partial charge in [-0.15, -0.1) is 0 Å². The fourth-order valence-electron chi connectivity index (χ4n) is 1.59. The van der Waals surface area contributed by atoms with E-state index < -0.39 is 0 Å². The number of rotatable bonds is 6. The highest BCUT2D eigenvalue weighted by Crippen LogP contribution is 2.34. The number of nitrogens with one attached hydrogen (secondary N) is 1. The molecule has 1 aromatic rings. The first-order valence-electron chi connectivity index (χ1n) is 6.18. The Kier molecular flexibility index (Phi) is 6.67. The number of methoxy groups -OCH3 is 1. The van der Waals surface area contributed by atoms with Gasteiger partial charge in [0, 0.05) is 6.54 Å². The normalized spacial score (nSPS) is 12.8. The molecule has 1 rings (SSSR count). The van der Waals surface area contributed by atoms with Crippen LogP contribution in [0.15, 0.2) is 21.1 Å². The van der Waals surface area contributed by atoms with Crippen LogP contribution in [0.2, 0.25) is 0 Å². The van der Waals surface area contributed by atoms with E-state index in [4.69, 9.17) is 4.74 Å². The molecule has 0 amide bonds. The molecule has 0 bridgehead atoms. The zero-order valence-electron chi connectivity index (χ0n) is 11.4. The smallest absolute Gasteiger partial charge is 0.147 e. The summed E-state index contributed by atoms with van der Waals surface area (Å²) in [4.78, 5) is 0. The lowest BCUT2D eigenvalue weighted by Gasteiger charge is -2.16. The van der Waals surface area contributed by atoms with Crippen LogP contribution >= 0.6 is 31.9 Å². The van der Waals surface area contributed by atoms with Crippen LogP contribution in [0.3, 0.4) is 0 Å². The highest BCUT2D eigenvalue weighted by molar-refractivity contribution is 9.11. The molecule has 4 heteroatoms. The second kappa shape index (κ2) is 7.51. The summed E-state index contributed by atoms with van der Waals surface area (Å²) < 4.78 is 7.25. The van der Waals surface area contributed by atoms with Crippen LogP contribution in [-0.2, 0) is 6.54 Å². The van der Waals surface area contributed by atoms with Gasteiger partial charge >= 0.3 is 0 Å². The quantitative estimate of drug-likeness (QED) is 0.780. The lowest BCUT2D eigenvalue weighted by molar-refractivity contribution is 0.392. The zero-order valence-corrected chi connectivity index (χ0v) is 14.6. The molecule has 0 aliphatic rings. The second-order valence-electron chi connectivity index (χ2n) is 4.94. The fraction of sp³-hybridized carbons (Fsp3) is 0.571. The summed E-state index contributed by atoms with van der Waals surface area (Å²) in [6.07, 6.45) is 0. The molecule has 0 aliphatic heterocycles. The van der Waals surface area contributed by atoms with Crippen LogP contribution in [0, 0.1) is 11.8 Å². The second-order valence-corrected chi connectivity index (χ2v) is 6.65. The van der Waals surface area contributed by atoms with Crippen molar-refractivity contribution in [3.05, 3.63) is 26.6 Å². The van der Waals surface area contributed by atoms with Gasteiger partial charge in [-0.3, -0.25) is 0 Å². The average molecular weight is 379 g/mol. The topological polar surface area (TPSA) is 21.3 Å². The van der Waals surface area contributed by atoms with Gasteiger partial charge in [0.25, 0.3) is 0 Å². The summed E-state index contributed by atoms with van der Waals surface area (Å²) in [7, 11) is 1.67. The SMILES string of the molecule is COc1c(Br)cc(CNCC(C)C(C)C)cc1Br. The van der Waals surface area contributed by atoms with Gasteiger partial charge in [-0.05, 0) is 67.9 Å². The van der Waals surface area contributed by atoms with Gasteiger partial charge in [-0.2, -0.15) is 0 Å². The lowest BCUT2D eigenvalue weighted by Crippen LogP contribution is -2.23. The molecule has 0 spiro atoms. The summed E-state index contributed by atoms with van der Waals surface area (Å²) in [5.41, 5.74) is 1.24. The Balaban J connectivity index is 2.58. The highest BCUT2D eigenvalue weighted by Gasteiger charge is 2.09. The Morgan fingerprint density at radius 3 is 2.17 bits per heavy atom. The van der Waals surface area contributed by atoms with Crippen molar-refractivity contribution >= 4 is 31.9 Å². The van der Waals surface area contributed by atoms with Crippen molar-refractivity contribution in [1.82, 2.24) is 5.32 Å². The van der Waals surface area contributed by atoms with Gasteiger partial charge in [0.05, 0.1) is 16.1 Å². The summed E-state index contributed by atoms with van der Waals surface area (Å²) in [5, 5.41) is 3.49. The van der Waals surface area contributed by atoms with Gasteiger partial charge in [0.2, 0.25) is 0 Å². The Morgan fingerprint density at radius 1 is 1.17 bits per heavy atom. The molecular weight excluding hydrogens is 358 g/mol. The van der Waals surface area contributed by atoms with E-state index in [9.17, 15) is 0 Å². The van der Waals surface area contributed by atoms with Crippen molar-refractivity contribution in [3.8, 4) is 5.75 Å². The predicted molar refractivity (Wildman–Crippen MR) is 84.1 cm³/mol. The number of benzene rings is 1. The monoisotopic (exact) mass is 377 g/mol. The minimum Gasteiger partial charge on any atom is -0.494 e. The molecule has 18 heavy (non-hydrogen) atoms. The van der Waals surface area contributed by atoms with Crippen LogP contribution in [0.25, 0.3) is 0 Å². The maximum Gasteiger partial charge on any atom is 0.147 e. The number of hydrogen-bond donors (Lipinski definition) is 1. The molecule has 1 unspecified atom stereocenters. The first-order valence-corrected chi connectivity index (χ1v) is 7.77. The predicted octanol–water partition coefficient (Wildman–Crippen LogP) is 4.60. The third-order valence-electron chi connectivity index (χ3n) is 3.20. The number of halogens is 2. The molecule has 1 aromatic carbocycles. The molecule has 0 radical (unpaired) electrons. The van der Waals surface area contributed by atoms with Crippen molar-refractivity contribution in [3.63, 3.8) is 0 Å². The van der Waals surface area contributed by atoms with Crippen LogP contribution in [-0.4, -0.2) is 13.7 Å². The maximum atomic E-state index is 5.29. The summed E-state index contributed by atoms with van der Waals surface area (Å²) in [6.45, 7) is 8.70. The minimum atomic E-state index is 0.690. The highest BCUT2D eigenvalue weighted by atomic mass is 79.9. The molecule has 0 saturated heterocycles. The molecular formula is C14H21Br2NO. The lowest BCUT2D eigenvalue weighted by atomic mass is 9.98. The van der Waals surface area contributed by atoms with Crippen molar-refractivity contribution in [2.75, 3.05) is 13.7 Å². The Hall–Kier alpha value is -0.0600. The van der Waals surface area contributed by atoms with Crippen LogP contribution < -0.4 is 10.1 Å². The van der Waals surface area contributed by atoms with Gasteiger partial charge in [-0.25, -0.2) is 0 Å². The largest absolute Gasteiger partial charge is 0.494 e. The summed E-state index contributed by atoms with van der Waals surface area (Å²) in [5.74, 6) is 2.25. The minimum absolute atomic E-state index is 0.690. The van der Waals surface area contributed by atoms with Crippen molar-refractivity contribution in [2.24, 2.45) is 11.8 Å². The molecule has 2 nitrogen and oxygen atoms in total. The summed E-state index contributed by atoms with van der Waals surface area (Å²) >= 11 is 7.04. The van der Waals surface area contributed by atoms with E-state index in [1.807, 2.05) is 0 Å². The van der Waals surface area contributed by atoms with Crippen LogP contribution in [0.4, 0.5) is 0 Å².